The van der Waals surface area contributed by atoms with Crippen LogP contribution in [0.25, 0.3) is 0 Å². The Balaban J connectivity index is 1.80. The highest BCUT2D eigenvalue weighted by Gasteiger charge is 2.49. The minimum atomic E-state index is -0.157. The molecule has 3 amide bonds. The summed E-state index contributed by atoms with van der Waals surface area (Å²) in [6.07, 6.45) is 0.657. The molecule has 1 saturated heterocycles. The first kappa shape index (κ1) is 14.8. The lowest BCUT2D eigenvalue weighted by molar-refractivity contribution is -0.140. The van der Waals surface area contributed by atoms with Crippen molar-refractivity contribution in [2.75, 3.05) is 26.2 Å². The molecule has 20 heavy (non-hydrogen) atoms. The Morgan fingerprint density at radius 2 is 1.55 bits per heavy atom. The van der Waals surface area contributed by atoms with Gasteiger partial charge in [0.05, 0.1) is 11.8 Å². The van der Waals surface area contributed by atoms with Gasteiger partial charge < -0.3 is 15.1 Å². The highest BCUT2D eigenvalue weighted by atomic mass is 16.2. The average molecular weight is 281 g/mol. The predicted octanol–water partition coefficient (Wildman–Crippen LogP) is -0.162. The standard InChI is InChI=1S/C14H23N3O3/c1-9(2)15-13(19)11-8-12(11)14(20)17-6-4-16(5-7-17)10(3)18/h9,11-12H,4-8H2,1-3H3,(H,15,19). The van der Waals surface area contributed by atoms with Crippen molar-refractivity contribution >= 4 is 17.7 Å². The predicted molar refractivity (Wildman–Crippen MR) is 73.7 cm³/mol. The van der Waals surface area contributed by atoms with Crippen molar-refractivity contribution < 1.29 is 14.4 Å². The van der Waals surface area contributed by atoms with Crippen molar-refractivity contribution in [3.8, 4) is 0 Å². The van der Waals surface area contributed by atoms with Crippen LogP contribution in [0.5, 0.6) is 0 Å². The molecule has 2 rings (SSSR count). The molecule has 0 spiro atoms. The number of hydrogen-bond donors (Lipinski definition) is 1. The Morgan fingerprint density at radius 1 is 1.00 bits per heavy atom. The number of hydrogen-bond acceptors (Lipinski definition) is 3. The molecule has 1 saturated carbocycles. The highest BCUT2D eigenvalue weighted by Crippen LogP contribution is 2.40. The van der Waals surface area contributed by atoms with Crippen LogP contribution < -0.4 is 5.32 Å². The van der Waals surface area contributed by atoms with Crippen molar-refractivity contribution in [2.45, 2.75) is 33.2 Å². The zero-order valence-corrected chi connectivity index (χ0v) is 12.4. The maximum atomic E-state index is 12.3. The maximum Gasteiger partial charge on any atom is 0.226 e. The summed E-state index contributed by atoms with van der Waals surface area (Å²) in [6, 6.07) is 0.109. The molecule has 2 unspecified atom stereocenters. The minimum Gasteiger partial charge on any atom is -0.354 e. The first-order valence-corrected chi connectivity index (χ1v) is 7.25. The van der Waals surface area contributed by atoms with Crippen LogP contribution in [-0.4, -0.2) is 59.7 Å². The second-order valence-corrected chi connectivity index (χ2v) is 5.94. The van der Waals surface area contributed by atoms with Crippen molar-refractivity contribution in [3.05, 3.63) is 0 Å². The lowest BCUT2D eigenvalue weighted by Crippen LogP contribution is -2.50. The summed E-state index contributed by atoms with van der Waals surface area (Å²) in [6.45, 7) is 7.72. The second kappa shape index (κ2) is 5.81. The van der Waals surface area contributed by atoms with Crippen molar-refractivity contribution in [1.29, 1.82) is 0 Å². The van der Waals surface area contributed by atoms with Crippen molar-refractivity contribution in [1.82, 2.24) is 15.1 Å². The highest BCUT2D eigenvalue weighted by molar-refractivity contribution is 5.92. The zero-order valence-electron chi connectivity index (χ0n) is 12.4. The van der Waals surface area contributed by atoms with Gasteiger partial charge in [0, 0.05) is 39.1 Å². The van der Waals surface area contributed by atoms with Crippen molar-refractivity contribution in [3.63, 3.8) is 0 Å². The summed E-state index contributed by atoms with van der Waals surface area (Å²) >= 11 is 0. The molecule has 0 aromatic carbocycles. The van der Waals surface area contributed by atoms with Crippen LogP contribution in [0, 0.1) is 11.8 Å². The number of piperazine rings is 1. The molecule has 0 radical (unpaired) electrons. The van der Waals surface area contributed by atoms with E-state index in [0.29, 0.717) is 32.6 Å². The van der Waals surface area contributed by atoms with Gasteiger partial charge in [-0.1, -0.05) is 0 Å². The van der Waals surface area contributed by atoms with Crippen LogP contribution in [0.2, 0.25) is 0 Å². The van der Waals surface area contributed by atoms with E-state index in [1.54, 1.807) is 16.7 Å². The number of nitrogens with zero attached hydrogens (tertiary/aromatic N) is 2. The van der Waals surface area contributed by atoms with E-state index in [4.69, 9.17) is 0 Å². The van der Waals surface area contributed by atoms with Crippen molar-refractivity contribution in [2.24, 2.45) is 11.8 Å². The number of nitrogens with one attached hydrogen (secondary N) is 1. The summed E-state index contributed by atoms with van der Waals surface area (Å²) in [5, 5.41) is 2.85. The monoisotopic (exact) mass is 281 g/mol. The Labute approximate surface area is 119 Å². The van der Waals surface area contributed by atoms with Gasteiger partial charge in [-0.2, -0.15) is 0 Å². The minimum absolute atomic E-state index is 0.0132. The molecule has 1 aliphatic heterocycles. The maximum absolute atomic E-state index is 12.3. The van der Waals surface area contributed by atoms with Gasteiger partial charge in [-0.15, -0.1) is 0 Å². The van der Waals surface area contributed by atoms with Gasteiger partial charge in [0.25, 0.3) is 0 Å². The van der Waals surface area contributed by atoms with Gasteiger partial charge in [0.15, 0.2) is 0 Å². The van der Waals surface area contributed by atoms with Gasteiger partial charge in [0.2, 0.25) is 17.7 Å². The Bertz CT molecular complexity index is 414. The quantitative estimate of drug-likeness (QED) is 0.781. The van der Waals surface area contributed by atoms with Gasteiger partial charge in [0.1, 0.15) is 0 Å². The molecule has 2 aliphatic rings. The number of rotatable bonds is 3. The van der Waals surface area contributed by atoms with Crippen LogP contribution in [0.4, 0.5) is 0 Å². The number of amides is 3. The zero-order chi connectivity index (χ0) is 14.9. The molecule has 2 atom stereocenters. The van der Waals surface area contributed by atoms with E-state index in [9.17, 15) is 14.4 Å². The van der Waals surface area contributed by atoms with E-state index in [1.807, 2.05) is 13.8 Å². The number of carbonyl (C=O) groups is 3. The summed E-state index contributed by atoms with van der Waals surface area (Å²) < 4.78 is 0. The fourth-order valence-electron chi connectivity index (χ4n) is 2.63. The fraction of sp³-hybridized carbons (Fsp3) is 0.786. The average Bonchev–Trinajstić information content (AvgIpc) is 3.17. The van der Waals surface area contributed by atoms with Crippen LogP contribution >= 0.6 is 0 Å². The van der Waals surface area contributed by atoms with E-state index in [0.717, 1.165) is 0 Å². The van der Waals surface area contributed by atoms with Gasteiger partial charge in [-0.25, -0.2) is 0 Å². The molecular weight excluding hydrogens is 258 g/mol. The smallest absolute Gasteiger partial charge is 0.226 e. The second-order valence-electron chi connectivity index (χ2n) is 5.94. The van der Waals surface area contributed by atoms with E-state index < -0.39 is 0 Å². The van der Waals surface area contributed by atoms with E-state index in [1.165, 1.54) is 0 Å². The van der Waals surface area contributed by atoms with Crippen LogP contribution in [-0.2, 0) is 14.4 Å². The summed E-state index contributed by atoms with van der Waals surface area (Å²) in [7, 11) is 0. The Hall–Kier alpha value is -1.59. The third kappa shape index (κ3) is 3.29. The van der Waals surface area contributed by atoms with Gasteiger partial charge in [-0.05, 0) is 20.3 Å². The summed E-state index contributed by atoms with van der Waals surface area (Å²) in [5.41, 5.74) is 0. The molecule has 0 bridgehead atoms. The summed E-state index contributed by atoms with van der Waals surface area (Å²) in [4.78, 5) is 38.9. The first-order valence-electron chi connectivity index (χ1n) is 7.25. The lowest BCUT2D eigenvalue weighted by atomic mass is 10.2. The topological polar surface area (TPSA) is 69.7 Å². The number of carbonyl (C=O) groups excluding carboxylic acids is 3. The molecular formula is C14H23N3O3. The normalized spacial score (nSPS) is 25.6. The molecule has 6 nitrogen and oxygen atoms in total. The van der Waals surface area contributed by atoms with E-state index >= 15 is 0 Å². The molecule has 1 heterocycles. The Morgan fingerprint density at radius 3 is 2.05 bits per heavy atom. The van der Waals surface area contributed by atoms with Crippen LogP contribution in [0.3, 0.4) is 0 Å². The molecule has 0 aromatic rings. The fourth-order valence-corrected chi connectivity index (χ4v) is 2.63. The largest absolute Gasteiger partial charge is 0.354 e. The third-order valence-corrected chi connectivity index (χ3v) is 3.91. The molecule has 1 N–H and O–H groups in total. The van der Waals surface area contributed by atoms with Crippen LogP contribution in [0.1, 0.15) is 27.2 Å². The molecule has 6 heteroatoms. The molecule has 2 fully saturated rings. The SMILES string of the molecule is CC(=O)N1CCN(C(=O)C2CC2C(=O)NC(C)C)CC1. The van der Waals surface area contributed by atoms with Gasteiger partial charge in [-0.3, -0.25) is 14.4 Å². The van der Waals surface area contributed by atoms with E-state index in [2.05, 4.69) is 5.32 Å². The Kier molecular flexibility index (Phi) is 4.30. The first-order chi connectivity index (χ1) is 9.40. The molecule has 112 valence electrons. The molecule has 1 aliphatic carbocycles. The van der Waals surface area contributed by atoms with Crippen LogP contribution in [0.15, 0.2) is 0 Å². The third-order valence-electron chi connectivity index (χ3n) is 3.91. The van der Waals surface area contributed by atoms with E-state index in [-0.39, 0.29) is 35.6 Å². The summed E-state index contributed by atoms with van der Waals surface area (Å²) in [5.74, 6) is -0.205. The van der Waals surface area contributed by atoms with Gasteiger partial charge >= 0.3 is 0 Å². The lowest BCUT2D eigenvalue weighted by Gasteiger charge is -2.34. The molecule has 0 aromatic heterocycles.